The second kappa shape index (κ2) is 5.53. The van der Waals surface area contributed by atoms with Gasteiger partial charge in [-0.25, -0.2) is 18.4 Å². The van der Waals surface area contributed by atoms with E-state index in [-0.39, 0.29) is 5.92 Å². The van der Waals surface area contributed by atoms with E-state index in [1.807, 2.05) is 13.8 Å². The normalized spacial score (nSPS) is 17.7. The second-order valence-electron chi connectivity index (χ2n) is 5.30. The number of piperazine rings is 1. The van der Waals surface area contributed by atoms with Crippen LogP contribution in [0.2, 0.25) is 0 Å². The molecular weight excluding hydrogens is 278 g/mol. The van der Waals surface area contributed by atoms with Crippen LogP contribution in [0.1, 0.15) is 25.3 Å². The first-order valence-corrected chi connectivity index (χ1v) is 8.46. The Morgan fingerprint density at radius 3 is 2.30 bits per heavy atom. The van der Waals surface area contributed by atoms with Crippen LogP contribution in [0.25, 0.3) is 0 Å². The highest BCUT2D eigenvalue weighted by molar-refractivity contribution is 7.88. The van der Waals surface area contributed by atoms with E-state index in [0.717, 1.165) is 11.4 Å². The molecule has 1 aromatic heterocycles. The lowest BCUT2D eigenvalue weighted by molar-refractivity contribution is 0.386. The molecule has 0 radical (unpaired) electrons. The van der Waals surface area contributed by atoms with Crippen molar-refractivity contribution in [3.8, 4) is 0 Å². The average molecular weight is 299 g/mol. The van der Waals surface area contributed by atoms with Gasteiger partial charge in [-0.15, -0.1) is 0 Å². The molecule has 0 amide bonds. The van der Waals surface area contributed by atoms with Crippen LogP contribution in [-0.4, -0.2) is 55.1 Å². The third-order valence-corrected chi connectivity index (χ3v) is 4.78. The molecule has 0 saturated carbocycles. The van der Waals surface area contributed by atoms with E-state index in [0.29, 0.717) is 32.0 Å². The van der Waals surface area contributed by atoms with E-state index in [1.54, 1.807) is 0 Å². The van der Waals surface area contributed by atoms with Crippen molar-refractivity contribution in [1.82, 2.24) is 14.3 Å². The van der Waals surface area contributed by atoms with Crippen LogP contribution in [0.15, 0.2) is 6.33 Å². The van der Waals surface area contributed by atoms with Gasteiger partial charge in [-0.2, -0.15) is 4.31 Å². The third kappa shape index (κ3) is 3.01. The molecule has 2 rings (SSSR count). The standard InChI is InChI=1S/C12H21N5O2S/c1-9(2)10-11(13)14-8-15-12(10)16-4-6-17(7-5-16)20(3,18)19/h8-9H,4-7H2,1-3H3,(H2,13,14,15). The van der Waals surface area contributed by atoms with Crippen molar-refractivity contribution in [3.05, 3.63) is 11.9 Å². The van der Waals surface area contributed by atoms with E-state index < -0.39 is 10.0 Å². The van der Waals surface area contributed by atoms with Crippen molar-refractivity contribution in [2.24, 2.45) is 0 Å². The van der Waals surface area contributed by atoms with Crippen molar-refractivity contribution in [1.29, 1.82) is 0 Å². The number of nitrogens with two attached hydrogens (primary N) is 1. The predicted octanol–water partition coefficient (Wildman–Crippen LogP) is 0.264. The van der Waals surface area contributed by atoms with Crippen LogP contribution in [0.5, 0.6) is 0 Å². The van der Waals surface area contributed by atoms with Gasteiger partial charge in [0.1, 0.15) is 18.0 Å². The zero-order chi connectivity index (χ0) is 14.9. The molecule has 0 atom stereocenters. The van der Waals surface area contributed by atoms with Crippen molar-refractivity contribution < 1.29 is 8.42 Å². The Bertz CT molecular complexity index is 580. The number of nitrogen functional groups attached to an aromatic ring is 1. The largest absolute Gasteiger partial charge is 0.383 e. The van der Waals surface area contributed by atoms with Crippen molar-refractivity contribution >= 4 is 21.7 Å². The Labute approximate surface area is 119 Å². The zero-order valence-electron chi connectivity index (χ0n) is 12.1. The van der Waals surface area contributed by atoms with E-state index in [4.69, 9.17) is 5.73 Å². The highest BCUT2D eigenvalue weighted by atomic mass is 32.2. The van der Waals surface area contributed by atoms with Crippen LogP contribution in [0.4, 0.5) is 11.6 Å². The summed E-state index contributed by atoms with van der Waals surface area (Å²) in [4.78, 5) is 10.5. The summed E-state index contributed by atoms with van der Waals surface area (Å²) in [7, 11) is -3.12. The van der Waals surface area contributed by atoms with Gasteiger partial charge in [-0.05, 0) is 5.92 Å². The SMILES string of the molecule is CC(C)c1c(N)ncnc1N1CCN(S(C)(=O)=O)CC1. The van der Waals surface area contributed by atoms with Gasteiger partial charge < -0.3 is 10.6 Å². The van der Waals surface area contributed by atoms with Gasteiger partial charge in [0.05, 0.1) is 6.26 Å². The lowest BCUT2D eigenvalue weighted by Gasteiger charge is -2.35. The van der Waals surface area contributed by atoms with Gasteiger partial charge in [0, 0.05) is 31.7 Å². The van der Waals surface area contributed by atoms with Crippen molar-refractivity contribution in [3.63, 3.8) is 0 Å². The summed E-state index contributed by atoms with van der Waals surface area (Å²) >= 11 is 0. The third-order valence-electron chi connectivity index (χ3n) is 3.48. The van der Waals surface area contributed by atoms with Gasteiger partial charge in [-0.3, -0.25) is 0 Å². The summed E-state index contributed by atoms with van der Waals surface area (Å²) in [6, 6.07) is 0. The van der Waals surface area contributed by atoms with Crippen molar-refractivity contribution in [2.75, 3.05) is 43.1 Å². The molecule has 1 aliphatic heterocycles. The zero-order valence-corrected chi connectivity index (χ0v) is 12.9. The molecule has 8 heteroatoms. The number of sulfonamides is 1. The van der Waals surface area contributed by atoms with Crippen LogP contribution >= 0.6 is 0 Å². The fourth-order valence-corrected chi connectivity index (χ4v) is 3.26. The number of anilines is 2. The molecule has 0 spiro atoms. The van der Waals surface area contributed by atoms with Gasteiger partial charge in [0.15, 0.2) is 0 Å². The monoisotopic (exact) mass is 299 g/mol. The molecule has 1 fully saturated rings. The lowest BCUT2D eigenvalue weighted by atomic mass is 10.0. The first kappa shape index (κ1) is 15.0. The lowest BCUT2D eigenvalue weighted by Crippen LogP contribution is -2.49. The summed E-state index contributed by atoms with van der Waals surface area (Å²) in [5.41, 5.74) is 6.87. The van der Waals surface area contributed by atoms with E-state index in [1.165, 1.54) is 16.9 Å². The summed E-state index contributed by atoms with van der Waals surface area (Å²) in [5, 5.41) is 0. The maximum atomic E-state index is 11.5. The van der Waals surface area contributed by atoms with Gasteiger partial charge in [0.2, 0.25) is 10.0 Å². The Balaban J connectivity index is 2.21. The molecule has 0 aliphatic carbocycles. The van der Waals surface area contributed by atoms with Gasteiger partial charge in [-0.1, -0.05) is 13.8 Å². The second-order valence-corrected chi connectivity index (χ2v) is 7.28. The van der Waals surface area contributed by atoms with E-state index in [9.17, 15) is 8.42 Å². The first-order chi connectivity index (χ1) is 9.30. The molecule has 2 heterocycles. The minimum atomic E-state index is -3.12. The van der Waals surface area contributed by atoms with Crippen molar-refractivity contribution in [2.45, 2.75) is 19.8 Å². The topological polar surface area (TPSA) is 92.4 Å². The molecule has 20 heavy (non-hydrogen) atoms. The number of rotatable bonds is 3. The smallest absolute Gasteiger partial charge is 0.211 e. The van der Waals surface area contributed by atoms with Gasteiger partial charge in [0.25, 0.3) is 0 Å². The molecule has 0 unspecified atom stereocenters. The maximum absolute atomic E-state index is 11.5. The summed E-state index contributed by atoms with van der Waals surface area (Å²) < 4.78 is 24.5. The van der Waals surface area contributed by atoms with E-state index >= 15 is 0 Å². The minimum Gasteiger partial charge on any atom is -0.383 e. The number of hydrogen-bond acceptors (Lipinski definition) is 6. The Kier molecular flexibility index (Phi) is 4.14. The highest BCUT2D eigenvalue weighted by Crippen LogP contribution is 2.29. The van der Waals surface area contributed by atoms with Crippen LogP contribution < -0.4 is 10.6 Å². The molecule has 1 aliphatic rings. The number of nitrogens with zero attached hydrogens (tertiary/aromatic N) is 4. The van der Waals surface area contributed by atoms with Gasteiger partial charge >= 0.3 is 0 Å². The predicted molar refractivity (Wildman–Crippen MR) is 79.2 cm³/mol. The molecule has 1 saturated heterocycles. The fourth-order valence-electron chi connectivity index (χ4n) is 2.44. The first-order valence-electron chi connectivity index (χ1n) is 6.61. The number of hydrogen-bond donors (Lipinski definition) is 1. The molecule has 7 nitrogen and oxygen atoms in total. The molecular formula is C12H21N5O2S. The molecule has 0 aromatic carbocycles. The Morgan fingerprint density at radius 1 is 1.20 bits per heavy atom. The van der Waals surface area contributed by atoms with Crippen LogP contribution in [0.3, 0.4) is 0 Å². The summed E-state index contributed by atoms with van der Waals surface area (Å²) in [6.45, 7) is 6.27. The average Bonchev–Trinajstić information content (AvgIpc) is 2.37. The molecule has 0 bridgehead atoms. The Morgan fingerprint density at radius 2 is 1.80 bits per heavy atom. The molecule has 112 valence electrons. The van der Waals surface area contributed by atoms with Crippen LogP contribution in [0, 0.1) is 0 Å². The molecule has 1 aromatic rings. The van der Waals surface area contributed by atoms with E-state index in [2.05, 4.69) is 14.9 Å². The highest BCUT2D eigenvalue weighted by Gasteiger charge is 2.26. The summed E-state index contributed by atoms with van der Waals surface area (Å²) in [6.07, 6.45) is 2.70. The number of aromatic nitrogens is 2. The maximum Gasteiger partial charge on any atom is 0.211 e. The fraction of sp³-hybridized carbons (Fsp3) is 0.667. The Hall–Kier alpha value is -1.41. The molecule has 2 N–H and O–H groups in total. The van der Waals surface area contributed by atoms with Crippen LogP contribution in [-0.2, 0) is 10.0 Å². The summed E-state index contributed by atoms with van der Waals surface area (Å²) in [5.74, 6) is 1.54. The quantitative estimate of drug-likeness (QED) is 0.861. The minimum absolute atomic E-state index is 0.221.